The van der Waals surface area contributed by atoms with Crippen LogP contribution in [0.2, 0.25) is 0 Å². The molecule has 2 aromatic heterocycles. The van der Waals surface area contributed by atoms with Crippen molar-refractivity contribution in [3.63, 3.8) is 0 Å². The summed E-state index contributed by atoms with van der Waals surface area (Å²) in [5, 5.41) is 3.28. The molecule has 3 amide bonds. The van der Waals surface area contributed by atoms with Crippen molar-refractivity contribution in [3.8, 4) is 0 Å². The summed E-state index contributed by atoms with van der Waals surface area (Å²) in [6, 6.07) is 1.84. The van der Waals surface area contributed by atoms with Gasteiger partial charge in [0.25, 0.3) is 11.5 Å². The zero-order valence-electron chi connectivity index (χ0n) is 20.9. The van der Waals surface area contributed by atoms with Crippen molar-refractivity contribution in [3.05, 3.63) is 38.2 Å². The molecule has 35 heavy (non-hydrogen) atoms. The number of nitrogens with one attached hydrogen (secondary N) is 2. The van der Waals surface area contributed by atoms with Crippen LogP contribution in [0.25, 0.3) is 11.0 Å². The van der Waals surface area contributed by atoms with Gasteiger partial charge in [0.15, 0.2) is 5.65 Å². The molecule has 3 heterocycles. The van der Waals surface area contributed by atoms with Gasteiger partial charge in [-0.2, -0.15) is 0 Å². The first-order valence-electron chi connectivity index (χ1n) is 12.8. The van der Waals surface area contributed by atoms with E-state index in [1.54, 1.807) is 15.9 Å². The van der Waals surface area contributed by atoms with E-state index in [0.29, 0.717) is 44.8 Å². The number of amides is 3. The fourth-order valence-electron chi connectivity index (χ4n) is 4.98. The summed E-state index contributed by atoms with van der Waals surface area (Å²) in [7, 11) is 0. The Morgan fingerprint density at radius 3 is 2.37 bits per heavy atom. The predicted molar refractivity (Wildman–Crippen MR) is 134 cm³/mol. The molecule has 1 saturated carbocycles. The van der Waals surface area contributed by atoms with E-state index in [2.05, 4.69) is 15.3 Å². The van der Waals surface area contributed by atoms with Crippen LogP contribution in [0.5, 0.6) is 0 Å². The molecule has 10 nitrogen and oxygen atoms in total. The lowest BCUT2D eigenvalue weighted by atomic mass is 9.96. The molecule has 2 aliphatic rings. The number of hydrogen-bond acceptors (Lipinski definition) is 5. The SMILES string of the molecule is CCCn1c(=O)[nH]c(=O)c2c(C(=O)N3CCN(C(=O)NC4CCCCC4)CC3)cc(C(C)C)nc21. The number of piperazine rings is 1. The van der Waals surface area contributed by atoms with Crippen LogP contribution in [0.4, 0.5) is 4.79 Å². The quantitative estimate of drug-likeness (QED) is 0.675. The van der Waals surface area contributed by atoms with Crippen LogP contribution in [-0.4, -0.2) is 68.5 Å². The third-order valence-corrected chi connectivity index (χ3v) is 7.02. The number of nitrogens with zero attached hydrogens (tertiary/aromatic N) is 4. The highest BCUT2D eigenvalue weighted by molar-refractivity contribution is 6.05. The van der Waals surface area contributed by atoms with Gasteiger partial charge in [0.2, 0.25) is 0 Å². The van der Waals surface area contributed by atoms with Gasteiger partial charge < -0.3 is 15.1 Å². The van der Waals surface area contributed by atoms with Gasteiger partial charge in [-0.25, -0.2) is 14.6 Å². The van der Waals surface area contributed by atoms with E-state index < -0.39 is 11.2 Å². The second-order valence-electron chi connectivity index (χ2n) is 9.92. The van der Waals surface area contributed by atoms with Crippen LogP contribution in [-0.2, 0) is 6.54 Å². The maximum Gasteiger partial charge on any atom is 0.329 e. The van der Waals surface area contributed by atoms with Crippen LogP contribution in [0.15, 0.2) is 15.7 Å². The minimum absolute atomic E-state index is 0.00995. The zero-order valence-corrected chi connectivity index (χ0v) is 20.9. The average Bonchev–Trinajstić information content (AvgIpc) is 2.86. The fourth-order valence-corrected chi connectivity index (χ4v) is 4.98. The monoisotopic (exact) mass is 484 g/mol. The number of rotatable bonds is 5. The zero-order chi connectivity index (χ0) is 25.1. The van der Waals surface area contributed by atoms with Gasteiger partial charge in [-0.1, -0.05) is 40.0 Å². The molecule has 4 rings (SSSR count). The number of carbonyl (C=O) groups excluding carboxylic acids is 2. The number of H-pyrrole nitrogens is 1. The molecule has 190 valence electrons. The molecule has 2 fully saturated rings. The minimum Gasteiger partial charge on any atom is -0.335 e. The molecule has 1 saturated heterocycles. The van der Waals surface area contributed by atoms with Gasteiger partial charge in [0.05, 0.1) is 10.9 Å². The van der Waals surface area contributed by atoms with Crippen LogP contribution in [0.3, 0.4) is 0 Å². The topological polar surface area (TPSA) is 120 Å². The summed E-state index contributed by atoms with van der Waals surface area (Å²) in [5.74, 6) is -0.269. The van der Waals surface area contributed by atoms with E-state index in [9.17, 15) is 19.2 Å². The molecule has 0 spiro atoms. The summed E-state index contributed by atoms with van der Waals surface area (Å²) >= 11 is 0. The summed E-state index contributed by atoms with van der Waals surface area (Å²) < 4.78 is 1.44. The molecular weight excluding hydrogens is 448 g/mol. The lowest BCUT2D eigenvalue weighted by Gasteiger charge is -2.36. The standard InChI is InChI=1S/C25H36N6O4/c1-4-10-31-21-20(22(32)28-25(31)35)18(15-19(27-21)16(2)3)23(33)29-11-13-30(14-12-29)24(34)26-17-8-6-5-7-9-17/h15-17H,4-14H2,1-3H3,(H,26,34)(H,28,32,35). The summed E-state index contributed by atoms with van der Waals surface area (Å²) in [4.78, 5) is 62.0. The number of aryl methyl sites for hydroxylation is 1. The maximum absolute atomic E-state index is 13.6. The largest absolute Gasteiger partial charge is 0.335 e. The van der Waals surface area contributed by atoms with Gasteiger partial charge >= 0.3 is 11.7 Å². The molecule has 2 N–H and O–H groups in total. The number of carbonyl (C=O) groups is 2. The van der Waals surface area contributed by atoms with E-state index in [-0.39, 0.29) is 40.5 Å². The smallest absolute Gasteiger partial charge is 0.329 e. The van der Waals surface area contributed by atoms with Crippen molar-refractivity contribution in [2.24, 2.45) is 0 Å². The lowest BCUT2D eigenvalue weighted by Crippen LogP contribution is -2.54. The van der Waals surface area contributed by atoms with Crippen LogP contribution < -0.4 is 16.6 Å². The van der Waals surface area contributed by atoms with Gasteiger partial charge in [-0.05, 0) is 31.2 Å². The Hall–Kier alpha value is -3.17. The highest BCUT2D eigenvalue weighted by Gasteiger charge is 2.29. The Bertz CT molecular complexity index is 1200. The van der Waals surface area contributed by atoms with Crippen molar-refractivity contribution in [1.82, 2.24) is 29.7 Å². The Morgan fingerprint density at radius 1 is 1.09 bits per heavy atom. The normalized spacial score (nSPS) is 17.3. The van der Waals surface area contributed by atoms with Crippen molar-refractivity contribution in [2.75, 3.05) is 26.2 Å². The second-order valence-corrected chi connectivity index (χ2v) is 9.92. The van der Waals surface area contributed by atoms with Crippen molar-refractivity contribution in [2.45, 2.75) is 77.8 Å². The molecular formula is C25H36N6O4. The summed E-state index contributed by atoms with van der Waals surface area (Å²) in [6.07, 6.45) is 6.26. The van der Waals surface area contributed by atoms with Gasteiger partial charge in [-0.3, -0.25) is 19.1 Å². The molecule has 0 aromatic carbocycles. The molecule has 0 bridgehead atoms. The minimum atomic E-state index is -0.603. The van der Waals surface area contributed by atoms with E-state index in [4.69, 9.17) is 0 Å². The molecule has 0 unspecified atom stereocenters. The second kappa shape index (κ2) is 10.6. The molecule has 0 atom stereocenters. The van der Waals surface area contributed by atoms with Crippen molar-refractivity contribution < 1.29 is 9.59 Å². The van der Waals surface area contributed by atoms with Crippen molar-refractivity contribution in [1.29, 1.82) is 0 Å². The Labute approximate surface area is 204 Å². The first-order chi connectivity index (χ1) is 16.8. The first-order valence-corrected chi connectivity index (χ1v) is 12.8. The average molecular weight is 485 g/mol. The third kappa shape index (κ3) is 5.26. The number of urea groups is 1. The van der Waals surface area contributed by atoms with Crippen molar-refractivity contribution >= 4 is 23.0 Å². The number of aromatic nitrogens is 3. The number of hydrogen-bond donors (Lipinski definition) is 2. The van der Waals surface area contributed by atoms with E-state index in [1.165, 1.54) is 11.0 Å². The Morgan fingerprint density at radius 2 is 1.74 bits per heavy atom. The van der Waals surface area contributed by atoms with Crippen LogP contribution in [0.1, 0.15) is 81.3 Å². The number of aromatic amines is 1. The van der Waals surface area contributed by atoms with Gasteiger partial charge in [0, 0.05) is 44.5 Å². The predicted octanol–water partition coefficient (Wildman–Crippen LogP) is 2.42. The number of pyridine rings is 1. The fraction of sp³-hybridized carbons (Fsp3) is 0.640. The summed E-state index contributed by atoms with van der Waals surface area (Å²) in [5.41, 5.74) is 0.0366. The highest BCUT2D eigenvalue weighted by Crippen LogP contribution is 2.22. The van der Waals surface area contributed by atoms with Gasteiger partial charge in [0.1, 0.15) is 0 Å². The molecule has 0 radical (unpaired) electrons. The van der Waals surface area contributed by atoms with E-state index in [1.807, 2.05) is 20.8 Å². The molecule has 10 heteroatoms. The molecule has 1 aliphatic carbocycles. The van der Waals surface area contributed by atoms with Crippen LogP contribution in [0, 0.1) is 0 Å². The summed E-state index contributed by atoms with van der Waals surface area (Å²) in [6.45, 7) is 7.87. The third-order valence-electron chi connectivity index (χ3n) is 7.02. The van der Waals surface area contributed by atoms with Crippen LogP contribution >= 0.6 is 0 Å². The molecule has 1 aliphatic heterocycles. The molecule has 2 aromatic rings. The number of fused-ring (bicyclic) bond motifs is 1. The van der Waals surface area contributed by atoms with E-state index in [0.717, 1.165) is 25.7 Å². The Kier molecular flexibility index (Phi) is 7.57. The van der Waals surface area contributed by atoms with E-state index >= 15 is 0 Å². The Balaban J connectivity index is 1.58. The lowest BCUT2D eigenvalue weighted by molar-refractivity contribution is 0.0664. The maximum atomic E-state index is 13.6. The van der Waals surface area contributed by atoms with Gasteiger partial charge in [-0.15, -0.1) is 0 Å². The highest BCUT2D eigenvalue weighted by atomic mass is 16.2. The first kappa shape index (κ1) is 24.9.